The van der Waals surface area contributed by atoms with Crippen molar-refractivity contribution in [1.29, 1.82) is 0 Å². The number of nitro groups is 1. The fourth-order valence-electron chi connectivity index (χ4n) is 2.70. The van der Waals surface area contributed by atoms with Gasteiger partial charge in [0.25, 0.3) is 11.6 Å². The average Bonchev–Trinajstić information content (AvgIpc) is 2.54. The summed E-state index contributed by atoms with van der Waals surface area (Å²) in [5, 5.41) is 13.1. The van der Waals surface area contributed by atoms with Crippen LogP contribution >= 0.6 is 11.6 Å². The largest absolute Gasteiger partial charge is 0.294 e. The molecule has 128 valence electrons. The molecule has 0 aliphatic heterocycles. The Hall–Kier alpha value is -2.87. The van der Waals surface area contributed by atoms with Crippen molar-refractivity contribution < 1.29 is 14.5 Å². The van der Waals surface area contributed by atoms with Gasteiger partial charge in [-0.3, -0.25) is 25.0 Å². The van der Waals surface area contributed by atoms with Gasteiger partial charge in [-0.05, 0) is 18.4 Å². The Morgan fingerprint density at radius 1 is 1.40 bits per heavy atom. The van der Waals surface area contributed by atoms with Crippen molar-refractivity contribution >= 4 is 34.9 Å². The summed E-state index contributed by atoms with van der Waals surface area (Å²) in [6.45, 7) is 1.95. The summed E-state index contributed by atoms with van der Waals surface area (Å²) >= 11 is 5.93. The van der Waals surface area contributed by atoms with Crippen molar-refractivity contribution in [3.63, 3.8) is 0 Å². The second-order valence-electron chi connectivity index (χ2n) is 5.84. The van der Waals surface area contributed by atoms with E-state index in [1.54, 1.807) is 0 Å². The number of rotatable bonds is 3. The van der Waals surface area contributed by atoms with Crippen molar-refractivity contribution in [3.05, 3.63) is 56.4 Å². The van der Waals surface area contributed by atoms with Gasteiger partial charge in [-0.2, -0.15) is 0 Å². The van der Waals surface area contributed by atoms with Crippen LogP contribution in [-0.2, 0) is 6.42 Å². The first kappa shape index (κ1) is 17.0. The van der Waals surface area contributed by atoms with Gasteiger partial charge in [-0.25, -0.2) is 9.97 Å². The molecule has 1 aromatic heterocycles. The molecule has 0 fully saturated rings. The molecule has 1 atom stereocenters. The molecule has 0 saturated heterocycles. The molecule has 0 unspecified atom stereocenters. The third-order valence-corrected chi connectivity index (χ3v) is 4.29. The number of halogens is 1. The van der Waals surface area contributed by atoms with Gasteiger partial charge in [-0.1, -0.05) is 24.6 Å². The fourth-order valence-corrected chi connectivity index (χ4v) is 2.98. The van der Waals surface area contributed by atoms with Crippen molar-refractivity contribution in [3.8, 4) is 0 Å². The van der Waals surface area contributed by atoms with E-state index in [0.29, 0.717) is 24.1 Å². The third-order valence-electron chi connectivity index (χ3n) is 3.89. The summed E-state index contributed by atoms with van der Waals surface area (Å²) in [6.07, 6.45) is 2.45. The van der Waals surface area contributed by atoms with Crippen LogP contribution in [0.2, 0.25) is 5.02 Å². The normalized spacial score (nSPS) is 16.2. The van der Waals surface area contributed by atoms with Gasteiger partial charge >= 0.3 is 0 Å². The highest BCUT2D eigenvalue weighted by molar-refractivity contribution is 6.36. The SMILES string of the molecule is C[C@@H]1CC(=O)c2cnc(NC(=O)c3cccc([N+](=O)[O-])c3Cl)nc2C1. The first-order valence-electron chi connectivity index (χ1n) is 7.50. The summed E-state index contributed by atoms with van der Waals surface area (Å²) in [5.74, 6) is -0.491. The number of amides is 1. The van der Waals surface area contributed by atoms with E-state index in [-0.39, 0.29) is 33.9 Å². The maximum absolute atomic E-state index is 12.3. The van der Waals surface area contributed by atoms with Crippen molar-refractivity contribution in [2.75, 3.05) is 5.32 Å². The summed E-state index contributed by atoms with van der Waals surface area (Å²) < 4.78 is 0. The fraction of sp³-hybridized carbons (Fsp3) is 0.250. The minimum Gasteiger partial charge on any atom is -0.294 e. The van der Waals surface area contributed by atoms with Gasteiger partial charge in [0.1, 0.15) is 5.02 Å². The Labute approximate surface area is 147 Å². The number of carbonyl (C=O) groups is 2. The molecule has 9 heteroatoms. The van der Waals surface area contributed by atoms with Crippen LogP contribution in [-0.4, -0.2) is 26.6 Å². The molecule has 1 heterocycles. The number of fused-ring (bicyclic) bond motifs is 1. The lowest BCUT2D eigenvalue weighted by Gasteiger charge is -2.19. The molecule has 0 spiro atoms. The second-order valence-corrected chi connectivity index (χ2v) is 6.22. The topological polar surface area (TPSA) is 115 Å². The number of ketones is 1. The highest BCUT2D eigenvalue weighted by atomic mass is 35.5. The van der Waals surface area contributed by atoms with Gasteiger partial charge in [0, 0.05) is 18.7 Å². The molecule has 0 saturated carbocycles. The molecular formula is C16H13ClN4O4. The number of anilines is 1. The third kappa shape index (κ3) is 3.34. The summed E-state index contributed by atoms with van der Waals surface area (Å²) in [7, 11) is 0. The van der Waals surface area contributed by atoms with E-state index in [4.69, 9.17) is 11.6 Å². The maximum Gasteiger partial charge on any atom is 0.288 e. The van der Waals surface area contributed by atoms with Gasteiger partial charge in [0.05, 0.1) is 21.7 Å². The lowest BCUT2D eigenvalue weighted by Crippen LogP contribution is -2.22. The number of carbonyl (C=O) groups excluding carboxylic acids is 2. The number of Topliss-reactive ketones (excluding diaryl/α,β-unsaturated/α-hetero) is 1. The Kier molecular flexibility index (Phi) is 4.45. The van der Waals surface area contributed by atoms with E-state index < -0.39 is 10.8 Å². The molecule has 0 bridgehead atoms. The number of nitrogens with zero attached hydrogens (tertiary/aromatic N) is 3. The number of hydrogen-bond donors (Lipinski definition) is 1. The molecule has 1 aromatic carbocycles. The summed E-state index contributed by atoms with van der Waals surface area (Å²) in [4.78, 5) is 42.7. The quantitative estimate of drug-likeness (QED) is 0.664. The molecular weight excluding hydrogens is 348 g/mol. The molecule has 8 nitrogen and oxygen atoms in total. The van der Waals surface area contributed by atoms with E-state index in [0.717, 1.165) is 0 Å². The molecule has 0 radical (unpaired) electrons. The minimum absolute atomic E-state index is 0.0200. The molecule has 3 rings (SSSR count). The smallest absolute Gasteiger partial charge is 0.288 e. The molecule has 2 aromatic rings. The zero-order chi connectivity index (χ0) is 18.1. The van der Waals surface area contributed by atoms with E-state index in [1.807, 2.05) is 6.92 Å². The molecule has 25 heavy (non-hydrogen) atoms. The molecule has 1 N–H and O–H groups in total. The average molecular weight is 361 g/mol. The van der Waals surface area contributed by atoms with Gasteiger partial charge in [-0.15, -0.1) is 0 Å². The van der Waals surface area contributed by atoms with E-state index >= 15 is 0 Å². The Morgan fingerprint density at radius 2 is 2.16 bits per heavy atom. The van der Waals surface area contributed by atoms with E-state index in [9.17, 15) is 19.7 Å². The Bertz CT molecular complexity index is 900. The predicted molar refractivity (Wildman–Crippen MR) is 89.9 cm³/mol. The summed E-state index contributed by atoms with van der Waals surface area (Å²) in [5.41, 5.74) is 0.630. The standard InChI is InChI=1S/C16H13ClN4O4/c1-8-5-11-10(13(22)6-8)7-18-16(19-11)20-15(23)9-3-2-4-12(14(9)17)21(24)25/h2-4,7-8H,5-6H2,1H3,(H,18,19,20,23)/t8-/m0/s1. The van der Waals surface area contributed by atoms with Gasteiger partial charge in [0.2, 0.25) is 5.95 Å². The lowest BCUT2D eigenvalue weighted by atomic mass is 9.88. The Morgan fingerprint density at radius 3 is 2.88 bits per heavy atom. The second kappa shape index (κ2) is 6.56. The Balaban J connectivity index is 1.87. The van der Waals surface area contributed by atoms with Crippen molar-refractivity contribution in [1.82, 2.24) is 9.97 Å². The van der Waals surface area contributed by atoms with E-state index in [2.05, 4.69) is 15.3 Å². The number of nitrogens with one attached hydrogen (secondary N) is 1. The number of hydrogen-bond acceptors (Lipinski definition) is 6. The number of aromatic nitrogens is 2. The van der Waals surface area contributed by atoms with E-state index in [1.165, 1.54) is 24.4 Å². The number of benzene rings is 1. The van der Waals surface area contributed by atoms with Crippen LogP contribution in [0.4, 0.5) is 11.6 Å². The lowest BCUT2D eigenvalue weighted by molar-refractivity contribution is -0.384. The van der Waals surface area contributed by atoms with Crippen molar-refractivity contribution in [2.24, 2.45) is 5.92 Å². The van der Waals surface area contributed by atoms with Crippen molar-refractivity contribution in [2.45, 2.75) is 19.8 Å². The zero-order valence-corrected chi connectivity index (χ0v) is 13.9. The maximum atomic E-state index is 12.3. The van der Waals surface area contributed by atoms with Gasteiger partial charge < -0.3 is 0 Å². The first-order chi connectivity index (χ1) is 11.9. The highest BCUT2D eigenvalue weighted by Crippen LogP contribution is 2.28. The molecule has 1 aliphatic rings. The van der Waals surface area contributed by atoms with Crippen LogP contribution in [0.25, 0.3) is 0 Å². The van der Waals surface area contributed by atoms with Crippen LogP contribution in [0, 0.1) is 16.0 Å². The van der Waals surface area contributed by atoms with Crippen LogP contribution in [0.3, 0.4) is 0 Å². The zero-order valence-electron chi connectivity index (χ0n) is 13.2. The minimum atomic E-state index is -0.665. The first-order valence-corrected chi connectivity index (χ1v) is 7.88. The summed E-state index contributed by atoms with van der Waals surface area (Å²) in [6, 6.07) is 3.95. The highest BCUT2D eigenvalue weighted by Gasteiger charge is 2.25. The monoisotopic (exact) mass is 360 g/mol. The van der Waals surface area contributed by atoms with Crippen LogP contribution in [0.5, 0.6) is 0 Å². The van der Waals surface area contributed by atoms with Gasteiger partial charge in [0.15, 0.2) is 5.78 Å². The van der Waals surface area contributed by atoms with Crippen LogP contribution < -0.4 is 5.32 Å². The van der Waals surface area contributed by atoms with Crippen LogP contribution in [0.1, 0.15) is 39.8 Å². The molecule has 1 aliphatic carbocycles. The predicted octanol–water partition coefficient (Wildman–Crippen LogP) is 3.06. The number of nitro benzene ring substituents is 1. The molecule has 1 amide bonds. The van der Waals surface area contributed by atoms with Crippen LogP contribution in [0.15, 0.2) is 24.4 Å².